The fraction of sp³-hybridized carbons (Fsp3) is 0.778. The lowest BCUT2D eigenvalue weighted by Gasteiger charge is -2.49. The van der Waals surface area contributed by atoms with Crippen molar-refractivity contribution in [3.05, 3.63) is 24.2 Å². The first-order chi connectivity index (χ1) is 9.91. The molecule has 0 unspecified atom stereocenters. The van der Waals surface area contributed by atoms with Gasteiger partial charge in [0.15, 0.2) is 0 Å². The summed E-state index contributed by atoms with van der Waals surface area (Å²) in [6.45, 7) is 12.0. The zero-order chi connectivity index (χ0) is 15.5. The predicted molar refractivity (Wildman–Crippen MR) is 88.0 cm³/mol. The van der Waals surface area contributed by atoms with Crippen molar-refractivity contribution in [1.82, 2.24) is 4.90 Å². The van der Waals surface area contributed by atoms with Gasteiger partial charge in [0.05, 0.1) is 12.8 Å². The third-order valence-electron chi connectivity index (χ3n) is 5.50. The van der Waals surface area contributed by atoms with E-state index >= 15 is 0 Å². The van der Waals surface area contributed by atoms with Crippen LogP contribution >= 0.6 is 0 Å². The van der Waals surface area contributed by atoms with Crippen LogP contribution in [0.2, 0.25) is 0 Å². The van der Waals surface area contributed by atoms with Gasteiger partial charge in [-0.25, -0.2) is 0 Å². The van der Waals surface area contributed by atoms with Crippen molar-refractivity contribution in [3.63, 3.8) is 0 Å². The van der Waals surface area contributed by atoms with E-state index < -0.39 is 0 Å². The SMILES string of the molecule is CCN(Cc1ccco1)C1(CN)CCC(C(C)(C)C)CC1. The van der Waals surface area contributed by atoms with E-state index in [1.165, 1.54) is 25.7 Å². The monoisotopic (exact) mass is 292 g/mol. The number of nitrogens with zero attached hydrogens (tertiary/aromatic N) is 1. The fourth-order valence-corrected chi connectivity index (χ4v) is 3.88. The molecule has 1 aromatic rings. The first-order valence-electron chi connectivity index (χ1n) is 8.39. The molecular formula is C18H32N2O. The summed E-state index contributed by atoms with van der Waals surface area (Å²) in [6, 6.07) is 4.03. The Morgan fingerprint density at radius 2 is 2.00 bits per heavy atom. The van der Waals surface area contributed by atoms with Gasteiger partial charge in [0.25, 0.3) is 0 Å². The molecule has 0 spiro atoms. The zero-order valence-corrected chi connectivity index (χ0v) is 14.2. The molecule has 1 heterocycles. The summed E-state index contributed by atoms with van der Waals surface area (Å²) in [4.78, 5) is 2.53. The average molecular weight is 292 g/mol. The van der Waals surface area contributed by atoms with Crippen molar-refractivity contribution < 1.29 is 4.42 Å². The van der Waals surface area contributed by atoms with Gasteiger partial charge in [-0.1, -0.05) is 27.7 Å². The molecule has 1 saturated carbocycles. The van der Waals surface area contributed by atoms with E-state index in [1.54, 1.807) is 6.26 Å². The van der Waals surface area contributed by atoms with Gasteiger partial charge in [-0.2, -0.15) is 0 Å². The quantitative estimate of drug-likeness (QED) is 0.890. The van der Waals surface area contributed by atoms with Gasteiger partial charge in [-0.05, 0) is 55.7 Å². The standard InChI is InChI=1S/C18H32N2O/c1-5-20(13-16-7-6-12-21-16)18(14-19)10-8-15(9-11-18)17(2,3)4/h6-7,12,15H,5,8-11,13-14,19H2,1-4H3. The number of nitrogens with two attached hydrogens (primary N) is 1. The Balaban J connectivity index is 2.07. The van der Waals surface area contributed by atoms with Crippen LogP contribution in [0, 0.1) is 11.3 Å². The Morgan fingerprint density at radius 1 is 1.33 bits per heavy atom. The van der Waals surface area contributed by atoms with Crippen LogP contribution in [0.15, 0.2) is 22.8 Å². The summed E-state index contributed by atoms with van der Waals surface area (Å²) in [5.74, 6) is 1.86. The smallest absolute Gasteiger partial charge is 0.117 e. The summed E-state index contributed by atoms with van der Waals surface area (Å²) < 4.78 is 5.54. The van der Waals surface area contributed by atoms with E-state index in [4.69, 9.17) is 10.2 Å². The molecule has 0 amide bonds. The van der Waals surface area contributed by atoms with E-state index in [-0.39, 0.29) is 5.54 Å². The second kappa shape index (κ2) is 6.53. The molecule has 21 heavy (non-hydrogen) atoms. The van der Waals surface area contributed by atoms with Crippen LogP contribution in [-0.2, 0) is 6.54 Å². The average Bonchev–Trinajstić information content (AvgIpc) is 2.97. The summed E-state index contributed by atoms with van der Waals surface area (Å²) in [5, 5.41) is 0. The summed E-state index contributed by atoms with van der Waals surface area (Å²) >= 11 is 0. The van der Waals surface area contributed by atoms with Gasteiger partial charge in [0.1, 0.15) is 5.76 Å². The molecule has 0 aliphatic heterocycles. The molecular weight excluding hydrogens is 260 g/mol. The van der Waals surface area contributed by atoms with Gasteiger partial charge in [0, 0.05) is 12.1 Å². The van der Waals surface area contributed by atoms with E-state index in [0.29, 0.717) is 5.41 Å². The molecule has 0 saturated heterocycles. The maximum Gasteiger partial charge on any atom is 0.117 e. The van der Waals surface area contributed by atoms with Gasteiger partial charge in [-0.15, -0.1) is 0 Å². The summed E-state index contributed by atoms with van der Waals surface area (Å²) in [5.41, 5.74) is 6.80. The van der Waals surface area contributed by atoms with Gasteiger partial charge < -0.3 is 10.2 Å². The molecule has 0 aromatic carbocycles. The van der Waals surface area contributed by atoms with Crippen molar-refractivity contribution in [1.29, 1.82) is 0 Å². The van der Waals surface area contributed by atoms with E-state index in [9.17, 15) is 0 Å². The number of furan rings is 1. The number of likely N-dealkylation sites (N-methyl/N-ethyl adjacent to an activating group) is 1. The molecule has 1 fully saturated rings. The van der Waals surface area contributed by atoms with Gasteiger partial charge in [-0.3, -0.25) is 4.90 Å². The highest BCUT2D eigenvalue weighted by molar-refractivity contribution is 5.03. The fourth-order valence-electron chi connectivity index (χ4n) is 3.88. The molecule has 120 valence electrons. The minimum Gasteiger partial charge on any atom is -0.468 e. The van der Waals surface area contributed by atoms with Crippen LogP contribution in [-0.4, -0.2) is 23.5 Å². The molecule has 1 aliphatic carbocycles. The Bertz CT molecular complexity index is 411. The largest absolute Gasteiger partial charge is 0.468 e. The molecule has 3 heteroatoms. The molecule has 0 radical (unpaired) electrons. The highest BCUT2D eigenvalue weighted by Gasteiger charge is 2.41. The van der Waals surface area contributed by atoms with Crippen LogP contribution in [0.4, 0.5) is 0 Å². The lowest BCUT2D eigenvalue weighted by molar-refractivity contribution is 0.0151. The third-order valence-corrected chi connectivity index (χ3v) is 5.50. The Morgan fingerprint density at radius 3 is 2.43 bits per heavy atom. The van der Waals surface area contributed by atoms with Crippen LogP contribution < -0.4 is 5.73 Å². The lowest BCUT2D eigenvalue weighted by Crippen LogP contribution is -2.55. The molecule has 0 atom stereocenters. The molecule has 1 aliphatic rings. The molecule has 0 bridgehead atoms. The van der Waals surface area contributed by atoms with Crippen LogP contribution in [0.5, 0.6) is 0 Å². The number of rotatable bonds is 5. The van der Waals surface area contributed by atoms with Crippen LogP contribution in [0.1, 0.15) is 59.1 Å². The first kappa shape index (κ1) is 16.6. The Hall–Kier alpha value is -0.800. The van der Waals surface area contributed by atoms with E-state index in [2.05, 4.69) is 38.7 Å². The van der Waals surface area contributed by atoms with Gasteiger partial charge >= 0.3 is 0 Å². The number of hydrogen-bond donors (Lipinski definition) is 1. The van der Waals surface area contributed by atoms with Crippen molar-refractivity contribution in [2.24, 2.45) is 17.1 Å². The second-order valence-electron chi connectivity index (χ2n) is 7.66. The van der Waals surface area contributed by atoms with Crippen LogP contribution in [0.25, 0.3) is 0 Å². The maximum absolute atomic E-state index is 6.23. The first-order valence-corrected chi connectivity index (χ1v) is 8.39. The Kier molecular flexibility index (Phi) is 5.15. The second-order valence-corrected chi connectivity index (χ2v) is 7.66. The van der Waals surface area contributed by atoms with Crippen molar-refractivity contribution in [2.45, 2.75) is 65.5 Å². The van der Waals surface area contributed by atoms with E-state index in [0.717, 1.165) is 31.3 Å². The van der Waals surface area contributed by atoms with Crippen molar-refractivity contribution in [3.8, 4) is 0 Å². The summed E-state index contributed by atoms with van der Waals surface area (Å²) in [7, 11) is 0. The van der Waals surface area contributed by atoms with Crippen molar-refractivity contribution >= 4 is 0 Å². The van der Waals surface area contributed by atoms with Crippen LogP contribution in [0.3, 0.4) is 0 Å². The minimum atomic E-state index is 0.156. The molecule has 1 aromatic heterocycles. The molecule has 2 N–H and O–H groups in total. The minimum absolute atomic E-state index is 0.156. The highest BCUT2D eigenvalue weighted by Crippen LogP contribution is 2.43. The molecule has 2 rings (SSSR count). The number of hydrogen-bond acceptors (Lipinski definition) is 3. The predicted octanol–water partition coefficient (Wildman–Crippen LogP) is 4.04. The Labute approximate surface area is 129 Å². The highest BCUT2D eigenvalue weighted by atomic mass is 16.3. The maximum atomic E-state index is 6.23. The summed E-state index contributed by atoms with van der Waals surface area (Å²) in [6.07, 6.45) is 6.75. The topological polar surface area (TPSA) is 42.4 Å². The normalized spacial score (nSPS) is 27.2. The van der Waals surface area contributed by atoms with Crippen molar-refractivity contribution in [2.75, 3.05) is 13.1 Å². The lowest BCUT2D eigenvalue weighted by atomic mass is 9.66. The third kappa shape index (κ3) is 3.70. The van der Waals surface area contributed by atoms with Gasteiger partial charge in [0.2, 0.25) is 0 Å². The van der Waals surface area contributed by atoms with E-state index in [1.807, 2.05) is 6.07 Å². The molecule has 3 nitrogen and oxygen atoms in total. The zero-order valence-electron chi connectivity index (χ0n) is 14.2.